The van der Waals surface area contributed by atoms with Crippen LogP contribution in [-0.2, 0) is 14.4 Å². The topological polar surface area (TPSA) is 86.7 Å². The second-order valence-corrected chi connectivity index (χ2v) is 4.20. The Morgan fingerprint density at radius 3 is 2.82 bits per heavy atom. The molecule has 17 heavy (non-hydrogen) atoms. The van der Waals surface area contributed by atoms with E-state index < -0.39 is 11.9 Å². The second kappa shape index (κ2) is 6.22. The summed E-state index contributed by atoms with van der Waals surface area (Å²) in [7, 11) is 0. The van der Waals surface area contributed by atoms with Gasteiger partial charge in [0.25, 0.3) is 0 Å². The Hall–Kier alpha value is -1.59. The van der Waals surface area contributed by atoms with E-state index in [1.807, 2.05) is 6.92 Å². The largest absolute Gasteiger partial charge is 0.481 e. The minimum absolute atomic E-state index is 0.0391. The molecule has 1 aliphatic heterocycles. The van der Waals surface area contributed by atoms with Crippen molar-refractivity contribution in [1.29, 1.82) is 0 Å². The predicted octanol–water partition coefficient (Wildman–Crippen LogP) is -0.164. The molecule has 96 valence electrons. The van der Waals surface area contributed by atoms with Gasteiger partial charge in [0.05, 0.1) is 12.5 Å². The number of piperidine rings is 1. The molecule has 0 aliphatic carbocycles. The molecule has 1 fully saturated rings. The van der Waals surface area contributed by atoms with Gasteiger partial charge in [-0.1, -0.05) is 6.92 Å². The van der Waals surface area contributed by atoms with E-state index >= 15 is 0 Å². The number of carboxylic acid groups (broad SMARTS) is 1. The van der Waals surface area contributed by atoms with E-state index in [1.165, 1.54) is 4.90 Å². The summed E-state index contributed by atoms with van der Waals surface area (Å²) >= 11 is 0. The lowest BCUT2D eigenvalue weighted by Crippen LogP contribution is -2.47. The van der Waals surface area contributed by atoms with Crippen LogP contribution in [0.1, 0.15) is 26.2 Å². The zero-order valence-corrected chi connectivity index (χ0v) is 9.94. The number of likely N-dealkylation sites (tertiary alicyclic amines) is 1. The summed E-state index contributed by atoms with van der Waals surface area (Å²) in [6, 6.07) is 0. The molecular formula is C11H18N2O4. The number of carbonyl (C=O) groups is 3. The first-order valence-corrected chi connectivity index (χ1v) is 5.81. The lowest BCUT2D eigenvalue weighted by atomic mass is 9.98. The smallest absolute Gasteiger partial charge is 0.308 e. The van der Waals surface area contributed by atoms with E-state index in [-0.39, 0.29) is 31.3 Å². The standard InChI is InChI=1S/C11H18N2O4/c1-2-5-12-9(14)7-13-6-8(11(16)17)3-4-10(13)15/h8H,2-7H2,1H3,(H,12,14)(H,16,17). The normalized spacial score (nSPS) is 20.2. The van der Waals surface area contributed by atoms with Crippen LogP contribution in [0.2, 0.25) is 0 Å². The van der Waals surface area contributed by atoms with Crippen molar-refractivity contribution >= 4 is 17.8 Å². The highest BCUT2D eigenvalue weighted by atomic mass is 16.4. The molecule has 0 aromatic heterocycles. The Bertz CT molecular complexity index is 317. The lowest BCUT2D eigenvalue weighted by Gasteiger charge is -2.30. The van der Waals surface area contributed by atoms with Crippen molar-refractivity contribution in [2.24, 2.45) is 5.92 Å². The van der Waals surface area contributed by atoms with Gasteiger partial charge in [0, 0.05) is 19.5 Å². The van der Waals surface area contributed by atoms with Crippen molar-refractivity contribution in [2.75, 3.05) is 19.6 Å². The van der Waals surface area contributed by atoms with Gasteiger partial charge in [-0.2, -0.15) is 0 Å². The molecule has 2 N–H and O–H groups in total. The summed E-state index contributed by atoms with van der Waals surface area (Å²) in [4.78, 5) is 35.1. The molecule has 6 heteroatoms. The molecule has 0 aromatic rings. The summed E-state index contributed by atoms with van der Waals surface area (Å²) in [5, 5.41) is 11.5. The molecule has 1 rings (SSSR count). The van der Waals surface area contributed by atoms with Gasteiger partial charge >= 0.3 is 5.97 Å². The van der Waals surface area contributed by atoms with Crippen molar-refractivity contribution in [1.82, 2.24) is 10.2 Å². The molecule has 6 nitrogen and oxygen atoms in total. The molecule has 0 spiro atoms. The number of rotatable bonds is 5. The van der Waals surface area contributed by atoms with E-state index in [9.17, 15) is 14.4 Å². The van der Waals surface area contributed by atoms with Gasteiger partial charge in [0.2, 0.25) is 11.8 Å². The van der Waals surface area contributed by atoms with Crippen LogP contribution < -0.4 is 5.32 Å². The summed E-state index contributed by atoms with van der Waals surface area (Å²) in [6.45, 7) is 2.60. The molecule has 2 amide bonds. The molecule has 1 heterocycles. The number of hydrogen-bond donors (Lipinski definition) is 2. The first-order chi connectivity index (χ1) is 8.04. The van der Waals surface area contributed by atoms with Gasteiger partial charge < -0.3 is 15.3 Å². The fourth-order valence-electron chi connectivity index (χ4n) is 1.76. The molecule has 1 atom stereocenters. The van der Waals surface area contributed by atoms with E-state index in [0.717, 1.165) is 6.42 Å². The first-order valence-electron chi connectivity index (χ1n) is 5.81. The average Bonchev–Trinajstić information content (AvgIpc) is 2.29. The quantitative estimate of drug-likeness (QED) is 0.701. The number of nitrogens with one attached hydrogen (secondary N) is 1. The molecule has 1 aliphatic rings. The van der Waals surface area contributed by atoms with Gasteiger partial charge in [-0.3, -0.25) is 14.4 Å². The average molecular weight is 242 g/mol. The van der Waals surface area contributed by atoms with Crippen LogP contribution in [0.15, 0.2) is 0 Å². The van der Waals surface area contributed by atoms with E-state index in [4.69, 9.17) is 5.11 Å². The SMILES string of the molecule is CCCNC(=O)CN1CC(C(=O)O)CCC1=O. The number of hydrogen-bond acceptors (Lipinski definition) is 3. The predicted molar refractivity (Wildman–Crippen MR) is 60.2 cm³/mol. The number of carbonyl (C=O) groups excluding carboxylic acids is 2. The van der Waals surface area contributed by atoms with Gasteiger partial charge in [-0.05, 0) is 12.8 Å². The third kappa shape index (κ3) is 4.05. The van der Waals surface area contributed by atoms with Crippen LogP contribution in [0.3, 0.4) is 0 Å². The Morgan fingerprint density at radius 1 is 1.53 bits per heavy atom. The highest BCUT2D eigenvalue weighted by Crippen LogP contribution is 2.17. The van der Waals surface area contributed by atoms with E-state index in [1.54, 1.807) is 0 Å². The van der Waals surface area contributed by atoms with Crippen LogP contribution in [0, 0.1) is 5.92 Å². The van der Waals surface area contributed by atoms with Crippen LogP contribution in [0.5, 0.6) is 0 Å². The van der Waals surface area contributed by atoms with Crippen LogP contribution in [-0.4, -0.2) is 47.4 Å². The highest BCUT2D eigenvalue weighted by Gasteiger charge is 2.30. The fraction of sp³-hybridized carbons (Fsp3) is 0.727. The van der Waals surface area contributed by atoms with Crippen LogP contribution >= 0.6 is 0 Å². The number of aliphatic carboxylic acids is 1. The molecule has 0 aromatic carbocycles. The van der Waals surface area contributed by atoms with Gasteiger partial charge in [-0.25, -0.2) is 0 Å². The van der Waals surface area contributed by atoms with Crippen molar-refractivity contribution in [3.05, 3.63) is 0 Å². The highest BCUT2D eigenvalue weighted by molar-refractivity contribution is 5.86. The minimum atomic E-state index is -0.906. The van der Waals surface area contributed by atoms with E-state index in [0.29, 0.717) is 13.0 Å². The van der Waals surface area contributed by atoms with Gasteiger partial charge in [0.1, 0.15) is 0 Å². The maximum Gasteiger partial charge on any atom is 0.308 e. The molecule has 1 saturated heterocycles. The monoisotopic (exact) mass is 242 g/mol. The minimum Gasteiger partial charge on any atom is -0.481 e. The Balaban J connectivity index is 2.47. The number of nitrogens with zero attached hydrogens (tertiary/aromatic N) is 1. The zero-order chi connectivity index (χ0) is 12.8. The summed E-state index contributed by atoms with van der Waals surface area (Å²) in [5.74, 6) is -1.83. The zero-order valence-electron chi connectivity index (χ0n) is 9.94. The van der Waals surface area contributed by atoms with Crippen molar-refractivity contribution in [3.8, 4) is 0 Å². The van der Waals surface area contributed by atoms with Crippen molar-refractivity contribution in [2.45, 2.75) is 26.2 Å². The number of carboxylic acids is 1. The van der Waals surface area contributed by atoms with E-state index in [2.05, 4.69) is 5.32 Å². The molecule has 1 unspecified atom stereocenters. The van der Waals surface area contributed by atoms with Crippen LogP contribution in [0.25, 0.3) is 0 Å². The van der Waals surface area contributed by atoms with Gasteiger partial charge in [-0.15, -0.1) is 0 Å². The Labute approximate surface area is 100.0 Å². The lowest BCUT2D eigenvalue weighted by molar-refractivity contribution is -0.149. The van der Waals surface area contributed by atoms with Gasteiger partial charge in [0.15, 0.2) is 0 Å². The number of amides is 2. The molecule has 0 bridgehead atoms. The summed E-state index contributed by atoms with van der Waals surface area (Å²) < 4.78 is 0. The summed E-state index contributed by atoms with van der Waals surface area (Å²) in [6.07, 6.45) is 1.40. The Morgan fingerprint density at radius 2 is 2.24 bits per heavy atom. The second-order valence-electron chi connectivity index (χ2n) is 4.20. The fourth-order valence-corrected chi connectivity index (χ4v) is 1.76. The Kier molecular flexibility index (Phi) is 4.93. The third-order valence-electron chi connectivity index (χ3n) is 2.76. The van der Waals surface area contributed by atoms with Crippen molar-refractivity contribution < 1.29 is 19.5 Å². The maximum absolute atomic E-state index is 11.5. The first kappa shape index (κ1) is 13.5. The summed E-state index contributed by atoms with van der Waals surface area (Å²) in [5.41, 5.74) is 0. The third-order valence-corrected chi connectivity index (χ3v) is 2.76. The molecule has 0 radical (unpaired) electrons. The molecule has 0 saturated carbocycles. The van der Waals surface area contributed by atoms with Crippen LogP contribution in [0.4, 0.5) is 0 Å². The van der Waals surface area contributed by atoms with Crippen molar-refractivity contribution in [3.63, 3.8) is 0 Å². The molecular weight excluding hydrogens is 224 g/mol. The maximum atomic E-state index is 11.5.